The van der Waals surface area contributed by atoms with Gasteiger partial charge in [0.25, 0.3) is 11.8 Å². The first-order chi connectivity index (χ1) is 17.7. The number of alkyl halides is 4. The maximum atomic E-state index is 12.5. The van der Waals surface area contributed by atoms with Crippen molar-refractivity contribution in [3.05, 3.63) is 70.5 Å². The van der Waals surface area contributed by atoms with Crippen molar-refractivity contribution in [3.63, 3.8) is 0 Å². The van der Waals surface area contributed by atoms with Gasteiger partial charge in [0.05, 0.1) is 19.4 Å². The molecule has 0 aliphatic rings. The fourth-order valence-electron chi connectivity index (χ4n) is 3.02. The number of amides is 2. The number of hydrogen-bond donors (Lipinski definition) is 2. The lowest BCUT2D eigenvalue weighted by atomic mass is 10.1. The molecule has 9 nitrogen and oxygen atoms in total. The SMILES string of the molecule is O=C(NCC(F)(F)F)c1ccc(-n2cc(C(=O)NCc3cccc(Cl)c3)nn2)c(OCCOCCF)c1. The van der Waals surface area contributed by atoms with Crippen LogP contribution in [0.4, 0.5) is 17.6 Å². The standard InChI is InChI=1S/C23H22ClF4N5O4/c24-17-3-1-2-15(10-17)12-29-22(35)18-13-33(32-31-18)19-5-4-16(21(34)30-14-23(26,27)28)11-20(19)37-9-8-36-7-6-25/h1-5,10-11,13H,6-9,12,14H2,(H,29,35)(H,30,34). The monoisotopic (exact) mass is 543 g/mol. The van der Waals surface area contributed by atoms with E-state index in [9.17, 15) is 27.2 Å². The molecular weight excluding hydrogens is 522 g/mol. The third-order valence-electron chi connectivity index (χ3n) is 4.69. The Morgan fingerprint density at radius 2 is 1.84 bits per heavy atom. The molecule has 0 aliphatic carbocycles. The van der Waals surface area contributed by atoms with Gasteiger partial charge in [-0.05, 0) is 35.9 Å². The highest BCUT2D eigenvalue weighted by Gasteiger charge is 2.28. The Morgan fingerprint density at radius 3 is 2.57 bits per heavy atom. The Labute approximate surface area is 213 Å². The first-order valence-electron chi connectivity index (χ1n) is 10.9. The Hall–Kier alpha value is -3.71. The number of nitrogens with zero attached hydrogens (tertiary/aromatic N) is 3. The van der Waals surface area contributed by atoms with Crippen LogP contribution in [-0.2, 0) is 11.3 Å². The molecule has 1 heterocycles. The number of rotatable bonds is 12. The van der Waals surface area contributed by atoms with Crippen LogP contribution in [0.1, 0.15) is 26.4 Å². The number of carbonyl (C=O) groups excluding carboxylic acids is 2. The van der Waals surface area contributed by atoms with Gasteiger partial charge in [0.15, 0.2) is 5.69 Å². The Kier molecular flexibility index (Phi) is 9.80. The smallest absolute Gasteiger partial charge is 0.405 e. The Bertz CT molecular complexity index is 1220. The summed E-state index contributed by atoms with van der Waals surface area (Å²) in [6.07, 6.45) is -3.26. The molecule has 0 aliphatic heterocycles. The average molecular weight is 544 g/mol. The van der Waals surface area contributed by atoms with E-state index in [1.807, 2.05) is 0 Å². The summed E-state index contributed by atoms with van der Waals surface area (Å²) in [6, 6.07) is 10.8. The lowest BCUT2D eigenvalue weighted by Gasteiger charge is -2.14. The van der Waals surface area contributed by atoms with Crippen molar-refractivity contribution >= 4 is 23.4 Å². The van der Waals surface area contributed by atoms with Crippen molar-refractivity contribution in [2.45, 2.75) is 12.7 Å². The normalized spacial score (nSPS) is 11.3. The van der Waals surface area contributed by atoms with E-state index in [-0.39, 0.29) is 49.1 Å². The summed E-state index contributed by atoms with van der Waals surface area (Å²) in [5.74, 6) is -1.43. The van der Waals surface area contributed by atoms with Crippen LogP contribution in [-0.4, -0.2) is 66.0 Å². The summed E-state index contributed by atoms with van der Waals surface area (Å²) in [6.45, 7) is -2.16. The van der Waals surface area contributed by atoms with Crippen LogP contribution < -0.4 is 15.4 Å². The van der Waals surface area contributed by atoms with E-state index < -0.39 is 31.2 Å². The molecule has 0 atom stereocenters. The molecule has 0 bridgehead atoms. The molecule has 198 valence electrons. The Morgan fingerprint density at radius 1 is 1.03 bits per heavy atom. The number of halogens is 5. The molecule has 37 heavy (non-hydrogen) atoms. The number of carbonyl (C=O) groups is 2. The summed E-state index contributed by atoms with van der Waals surface area (Å²) in [5, 5.41) is 12.8. The molecule has 0 saturated carbocycles. The topological polar surface area (TPSA) is 107 Å². The van der Waals surface area contributed by atoms with Gasteiger partial charge in [-0.25, -0.2) is 9.07 Å². The summed E-state index contributed by atoms with van der Waals surface area (Å²) >= 11 is 5.94. The maximum absolute atomic E-state index is 12.5. The van der Waals surface area contributed by atoms with Crippen molar-refractivity contribution < 1.29 is 36.6 Å². The second-order valence-electron chi connectivity index (χ2n) is 7.49. The van der Waals surface area contributed by atoms with Crippen LogP contribution in [0, 0.1) is 0 Å². The Balaban J connectivity index is 1.76. The number of nitrogens with one attached hydrogen (secondary N) is 2. The van der Waals surface area contributed by atoms with Crippen molar-refractivity contribution in [3.8, 4) is 11.4 Å². The average Bonchev–Trinajstić information content (AvgIpc) is 3.35. The van der Waals surface area contributed by atoms with Crippen molar-refractivity contribution in [2.75, 3.05) is 33.0 Å². The lowest BCUT2D eigenvalue weighted by molar-refractivity contribution is -0.123. The molecule has 2 amide bonds. The first-order valence-corrected chi connectivity index (χ1v) is 11.2. The van der Waals surface area contributed by atoms with Gasteiger partial charge >= 0.3 is 6.18 Å². The van der Waals surface area contributed by atoms with E-state index in [1.54, 1.807) is 29.6 Å². The summed E-state index contributed by atoms with van der Waals surface area (Å²) in [7, 11) is 0. The van der Waals surface area contributed by atoms with E-state index in [0.29, 0.717) is 5.02 Å². The summed E-state index contributed by atoms with van der Waals surface area (Å²) in [5.41, 5.74) is 0.899. The molecule has 3 rings (SSSR count). The highest BCUT2D eigenvalue weighted by Crippen LogP contribution is 2.25. The van der Waals surface area contributed by atoms with Gasteiger partial charge in [-0.3, -0.25) is 9.59 Å². The van der Waals surface area contributed by atoms with Crippen LogP contribution in [0.3, 0.4) is 0 Å². The number of ether oxygens (including phenoxy) is 2. The molecule has 2 aromatic carbocycles. The number of benzene rings is 2. The van der Waals surface area contributed by atoms with E-state index >= 15 is 0 Å². The van der Waals surface area contributed by atoms with Crippen molar-refractivity contribution in [1.29, 1.82) is 0 Å². The minimum Gasteiger partial charge on any atom is -0.489 e. The molecule has 0 radical (unpaired) electrons. The highest BCUT2D eigenvalue weighted by molar-refractivity contribution is 6.30. The van der Waals surface area contributed by atoms with Crippen LogP contribution in [0.15, 0.2) is 48.7 Å². The van der Waals surface area contributed by atoms with Gasteiger partial charge in [0.1, 0.15) is 31.3 Å². The van der Waals surface area contributed by atoms with Gasteiger partial charge in [-0.15, -0.1) is 5.10 Å². The molecular formula is C23H22ClF4N5O4. The largest absolute Gasteiger partial charge is 0.489 e. The molecule has 1 aromatic heterocycles. The van der Waals surface area contributed by atoms with E-state index in [0.717, 1.165) is 5.56 Å². The zero-order valence-electron chi connectivity index (χ0n) is 19.2. The maximum Gasteiger partial charge on any atom is 0.405 e. The zero-order valence-corrected chi connectivity index (χ0v) is 20.0. The van der Waals surface area contributed by atoms with Gasteiger partial charge in [0, 0.05) is 17.1 Å². The van der Waals surface area contributed by atoms with Crippen LogP contribution in [0.2, 0.25) is 5.02 Å². The molecule has 0 spiro atoms. The van der Waals surface area contributed by atoms with Crippen LogP contribution >= 0.6 is 11.6 Å². The van der Waals surface area contributed by atoms with Crippen molar-refractivity contribution in [1.82, 2.24) is 25.6 Å². The quantitative estimate of drug-likeness (QED) is 0.267. The zero-order chi connectivity index (χ0) is 26.8. The van der Waals surface area contributed by atoms with Gasteiger partial charge in [-0.2, -0.15) is 13.2 Å². The van der Waals surface area contributed by atoms with Gasteiger partial charge < -0.3 is 20.1 Å². The minimum absolute atomic E-state index is 0.0162. The van der Waals surface area contributed by atoms with E-state index in [4.69, 9.17) is 21.1 Å². The summed E-state index contributed by atoms with van der Waals surface area (Å²) < 4.78 is 61.4. The predicted molar refractivity (Wildman–Crippen MR) is 125 cm³/mol. The third-order valence-corrected chi connectivity index (χ3v) is 4.93. The molecule has 0 fully saturated rings. The molecule has 3 aromatic rings. The second-order valence-corrected chi connectivity index (χ2v) is 7.93. The number of aromatic nitrogens is 3. The predicted octanol–water partition coefficient (Wildman–Crippen LogP) is 3.51. The molecule has 0 unspecified atom stereocenters. The molecule has 0 saturated heterocycles. The fourth-order valence-corrected chi connectivity index (χ4v) is 3.23. The van der Waals surface area contributed by atoms with Crippen LogP contribution in [0.5, 0.6) is 5.75 Å². The third kappa shape index (κ3) is 8.72. The van der Waals surface area contributed by atoms with Gasteiger partial charge in [0.2, 0.25) is 0 Å². The van der Waals surface area contributed by atoms with E-state index in [1.165, 1.54) is 29.1 Å². The molecule has 2 N–H and O–H groups in total. The lowest BCUT2D eigenvalue weighted by Crippen LogP contribution is -2.33. The molecule has 14 heteroatoms. The number of hydrogen-bond acceptors (Lipinski definition) is 6. The fraction of sp³-hybridized carbons (Fsp3) is 0.304. The summed E-state index contributed by atoms with van der Waals surface area (Å²) in [4.78, 5) is 24.7. The van der Waals surface area contributed by atoms with Crippen molar-refractivity contribution in [2.24, 2.45) is 0 Å². The van der Waals surface area contributed by atoms with E-state index in [2.05, 4.69) is 15.6 Å². The minimum atomic E-state index is -4.58. The second kappa shape index (κ2) is 13.0. The van der Waals surface area contributed by atoms with Gasteiger partial charge in [-0.1, -0.05) is 28.9 Å². The highest BCUT2D eigenvalue weighted by atomic mass is 35.5. The first kappa shape index (κ1) is 27.9. The van der Waals surface area contributed by atoms with Crippen LogP contribution in [0.25, 0.3) is 5.69 Å².